The van der Waals surface area contributed by atoms with Crippen molar-refractivity contribution in [1.82, 2.24) is 0 Å². The predicted molar refractivity (Wildman–Crippen MR) is 423 cm³/mol. The Kier molecular flexibility index (Phi) is 71.5. The van der Waals surface area contributed by atoms with Crippen LogP contribution in [0, 0.1) is 23.7 Å². The molecule has 0 aromatic rings. The Balaban J connectivity index is 5.23. The molecule has 0 aromatic heterocycles. The summed E-state index contributed by atoms with van der Waals surface area (Å²) in [6, 6.07) is 0. The van der Waals surface area contributed by atoms with Gasteiger partial charge in [0, 0.05) is 25.7 Å². The van der Waals surface area contributed by atoms with Gasteiger partial charge in [0.1, 0.15) is 19.3 Å². The van der Waals surface area contributed by atoms with Gasteiger partial charge in [0.25, 0.3) is 0 Å². The summed E-state index contributed by atoms with van der Waals surface area (Å²) in [4.78, 5) is 73.1. The van der Waals surface area contributed by atoms with Crippen molar-refractivity contribution in [2.75, 3.05) is 39.6 Å². The van der Waals surface area contributed by atoms with E-state index in [0.29, 0.717) is 31.6 Å². The number of esters is 4. The average molecular weight is 1510 g/mol. The fourth-order valence-corrected chi connectivity index (χ4v) is 14.5. The van der Waals surface area contributed by atoms with Crippen LogP contribution >= 0.6 is 15.6 Å². The molecule has 4 unspecified atom stereocenters. The smallest absolute Gasteiger partial charge is 0.462 e. The van der Waals surface area contributed by atoms with E-state index in [1.807, 2.05) is 0 Å². The van der Waals surface area contributed by atoms with Crippen LogP contribution in [0.25, 0.3) is 0 Å². The highest BCUT2D eigenvalue weighted by Gasteiger charge is 2.30. The maximum absolute atomic E-state index is 13.1. The number of ether oxygens (including phenoxy) is 4. The first-order chi connectivity index (χ1) is 49.6. The van der Waals surface area contributed by atoms with Crippen molar-refractivity contribution in [1.29, 1.82) is 0 Å². The van der Waals surface area contributed by atoms with Gasteiger partial charge in [-0.25, -0.2) is 9.13 Å². The maximum Gasteiger partial charge on any atom is 0.472 e. The quantitative estimate of drug-likeness (QED) is 0.0222. The molecular formula is C84H164O17P2. The molecular weight excluding hydrogens is 1340 g/mol. The van der Waals surface area contributed by atoms with E-state index in [-0.39, 0.29) is 25.7 Å². The third-order valence-electron chi connectivity index (χ3n) is 19.9. The number of carbonyl (C=O) groups excluding carboxylic acids is 4. The van der Waals surface area contributed by atoms with Crippen molar-refractivity contribution >= 4 is 39.5 Å². The summed E-state index contributed by atoms with van der Waals surface area (Å²) < 4.78 is 68.8. The zero-order valence-electron chi connectivity index (χ0n) is 68.0. The van der Waals surface area contributed by atoms with E-state index in [1.54, 1.807) is 0 Å². The van der Waals surface area contributed by atoms with Gasteiger partial charge in [-0.3, -0.25) is 37.3 Å². The number of aliphatic hydroxyl groups is 1. The second kappa shape index (κ2) is 72.9. The van der Waals surface area contributed by atoms with Crippen LogP contribution in [0.2, 0.25) is 0 Å². The molecule has 0 aromatic carbocycles. The van der Waals surface area contributed by atoms with E-state index in [0.717, 1.165) is 114 Å². The molecule has 0 spiro atoms. The number of unbranched alkanes of at least 4 members (excludes halogenated alkanes) is 46. The number of hydrogen-bond acceptors (Lipinski definition) is 15. The third kappa shape index (κ3) is 76.6. The lowest BCUT2D eigenvalue weighted by Crippen LogP contribution is -2.30. The summed E-state index contributed by atoms with van der Waals surface area (Å²) in [5, 5.41) is 10.7. The fourth-order valence-electron chi connectivity index (χ4n) is 12.9. The van der Waals surface area contributed by atoms with E-state index in [2.05, 4.69) is 55.4 Å². The first-order valence-corrected chi connectivity index (χ1v) is 46.2. The molecule has 0 amide bonds. The number of hydrogen-bond donors (Lipinski definition) is 3. The standard InChI is InChI=1S/C84H164O17P2/c1-9-77(8)63-55-47-39-31-25-19-16-17-20-26-32-40-48-56-64-81(86)94-70-79(100-83(88)66-58-50-41-33-27-21-15-13-11-10-12-14-18-23-29-36-44-52-60-74(2)3)72-98-102(90,91)96-68-78(85)69-97-103(92,93)99-73-80(71-95-82(87)65-57-49-43-35-38-46-54-62-76(6)7)101-84(89)67-59-51-42-34-28-22-24-30-37-45-53-61-75(4)5/h74-80,85H,9-73H2,1-8H3,(H,90,91)(H,92,93)/t77?,78?,79-,80-/m1/s1. The molecule has 0 aliphatic heterocycles. The lowest BCUT2D eigenvalue weighted by molar-refractivity contribution is -0.161. The molecule has 103 heavy (non-hydrogen) atoms. The van der Waals surface area contributed by atoms with Gasteiger partial charge in [-0.15, -0.1) is 0 Å². The molecule has 0 saturated heterocycles. The lowest BCUT2D eigenvalue weighted by atomic mass is 9.99. The van der Waals surface area contributed by atoms with Gasteiger partial charge in [0.05, 0.1) is 26.4 Å². The van der Waals surface area contributed by atoms with E-state index in [4.69, 9.17) is 37.0 Å². The largest absolute Gasteiger partial charge is 0.472 e. The van der Waals surface area contributed by atoms with Gasteiger partial charge in [-0.05, 0) is 49.4 Å². The van der Waals surface area contributed by atoms with Crippen molar-refractivity contribution in [3.8, 4) is 0 Å². The van der Waals surface area contributed by atoms with Crippen LogP contribution in [-0.2, 0) is 65.4 Å². The molecule has 0 heterocycles. The van der Waals surface area contributed by atoms with Crippen LogP contribution in [0.4, 0.5) is 0 Å². The minimum absolute atomic E-state index is 0.106. The Morgan fingerprint density at radius 1 is 0.272 bits per heavy atom. The third-order valence-corrected chi connectivity index (χ3v) is 21.8. The zero-order valence-corrected chi connectivity index (χ0v) is 69.7. The van der Waals surface area contributed by atoms with Crippen LogP contribution in [0.5, 0.6) is 0 Å². The molecule has 0 bridgehead atoms. The van der Waals surface area contributed by atoms with Gasteiger partial charge in [-0.1, -0.05) is 383 Å². The first-order valence-electron chi connectivity index (χ1n) is 43.2. The summed E-state index contributed by atoms with van der Waals surface area (Å²) in [6.07, 6.45) is 61.1. The number of aliphatic hydroxyl groups excluding tert-OH is 1. The number of phosphoric acid groups is 2. The van der Waals surface area contributed by atoms with E-state index in [9.17, 15) is 43.2 Å². The normalized spacial score (nSPS) is 14.2. The summed E-state index contributed by atoms with van der Waals surface area (Å²) in [6.45, 7) is 14.3. The predicted octanol–water partition coefficient (Wildman–Crippen LogP) is 25.2. The highest BCUT2D eigenvalue weighted by molar-refractivity contribution is 7.47. The van der Waals surface area contributed by atoms with Crippen molar-refractivity contribution in [2.24, 2.45) is 23.7 Å². The maximum atomic E-state index is 13.1. The topological polar surface area (TPSA) is 237 Å². The van der Waals surface area contributed by atoms with Gasteiger partial charge < -0.3 is 33.8 Å². The minimum Gasteiger partial charge on any atom is -0.462 e. The Bertz CT molecular complexity index is 2010. The Labute approximate surface area is 632 Å². The van der Waals surface area contributed by atoms with Crippen LogP contribution in [0.1, 0.15) is 434 Å². The van der Waals surface area contributed by atoms with Crippen LogP contribution in [-0.4, -0.2) is 96.7 Å². The molecule has 0 aliphatic rings. The molecule has 0 saturated carbocycles. The molecule has 19 heteroatoms. The van der Waals surface area contributed by atoms with Gasteiger partial charge in [-0.2, -0.15) is 0 Å². The van der Waals surface area contributed by atoms with Crippen molar-refractivity contribution in [3.63, 3.8) is 0 Å². The molecule has 0 radical (unpaired) electrons. The lowest BCUT2D eigenvalue weighted by Gasteiger charge is -2.21. The van der Waals surface area contributed by atoms with Crippen molar-refractivity contribution < 1.29 is 80.2 Å². The van der Waals surface area contributed by atoms with Crippen molar-refractivity contribution in [2.45, 2.75) is 453 Å². The summed E-state index contributed by atoms with van der Waals surface area (Å²) in [5.41, 5.74) is 0. The molecule has 0 rings (SSSR count). The molecule has 612 valence electrons. The molecule has 3 N–H and O–H groups in total. The molecule has 0 aliphatic carbocycles. The number of rotatable bonds is 81. The Morgan fingerprint density at radius 3 is 0.689 bits per heavy atom. The summed E-state index contributed by atoms with van der Waals surface area (Å²) >= 11 is 0. The monoisotopic (exact) mass is 1510 g/mol. The number of carbonyl (C=O) groups is 4. The molecule has 17 nitrogen and oxygen atoms in total. The minimum atomic E-state index is -4.97. The van der Waals surface area contributed by atoms with Crippen LogP contribution in [0.15, 0.2) is 0 Å². The zero-order chi connectivity index (χ0) is 76.0. The molecule has 0 fully saturated rings. The second-order valence-electron chi connectivity index (χ2n) is 31.9. The van der Waals surface area contributed by atoms with E-state index >= 15 is 0 Å². The van der Waals surface area contributed by atoms with Gasteiger partial charge >= 0.3 is 39.5 Å². The van der Waals surface area contributed by atoms with Gasteiger partial charge in [0.2, 0.25) is 0 Å². The van der Waals surface area contributed by atoms with Crippen LogP contribution < -0.4 is 0 Å². The SMILES string of the molecule is CCC(C)CCCCCCCCCCCCCCCCC(=O)OC[C@H](COP(=O)(O)OCC(O)COP(=O)(O)OC[C@@H](COC(=O)CCCCCCCCCC(C)C)OC(=O)CCCCCCCCCCCCCC(C)C)OC(=O)CCCCCCCCCCCCCCCCCCCCC(C)C. The Morgan fingerprint density at radius 2 is 0.466 bits per heavy atom. The fraction of sp³-hybridized carbons (Fsp3) is 0.952. The van der Waals surface area contributed by atoms with Gasteiger partial charge in [0.15, 0.2) is 12.2 Å². The summed E-state index contributed by atoms with van der Waals surface area (Å²) in [5.74, 6) is 1.03. The Hall–Kier alpha value is -1.94. The van der Waals surface area contributed by atoms with Crippen molar-refractivity contribution in [3.05, 3.63) is 0 Å². The van der Waals surface area contributed by atoms with E-state index in [1.165, 1.54) is 231 Å². The van der Waals surface area contributed by atoms with E-state index < -0.39 is 97.5 Å². The first kappa shape index (κ1) is 101. The average Bonchev–Trinajstić information content (AvgIpc) is 1.13. The second-order valence-corrected chi connectivity index (χ2v) is 34.8. The highest BCUT2D eigenvalue weighted by Crippen LogP contribution is 2.45. The molecule has 6 atom stereocenters. The highest BCUT2D eigenvalue weighted by atomic mass is 31.2. The summed E-state index contributed by atoms with van der Waals surface area (Å²) in [7, 11) is -9.93. The van der Waals surface area contributed by atoms with Crippen LogP contribution in [0.3, 0.4) is 0 Å². The number of phosphoric ester groups is 2.